The van der Waals surface area contributed by atoms with Crippen molar-refractivity contribution in [3.05, 3.63) is 62.9 Å². The highest BCUT2D eigenvalue weighted by Crippen LogP contribution is 2.34. The molecule has 8 heteroatoms. The molecule has 1 N–H and O–H groups in total. The summed E-state index contributed by atoms with van der Waals surface area (Å²) in [7, 11) is 0. The molecule has 2 amide bonds. The molecule has 1 aliphatic rings. The van der Waals surface area contributed by atoms with Crippen molar-refractivity contribution in [2.75, 3.05) is 24.6 Å². The number of nitrogens with one attached hydrogen (secondary N) is 1. The maximum atomic E-state index is 12.4. The highest BCUT2D eigenvalue weighted by molar-refractivity contribution is 9.10. The van der Waals surface area contributed by atoms with Crippen LogP contribution >= 0.6 is 27.3 Å². The third kappa shape index (κ3) is 4.71. The Bertz CT molecular complexity index is 1080. The summed E-state index contributed by atoms with van der Waals surface area (Å²) in [5.41, 5.74) is 3.81. The van der Waals surface area contributed by atoms with Gasteiger partial charge in [-0.05, 0) is 37.1 Å². The second kappa shape index (κ2) is 8.97. The van der Waals surface area contributed by atoms with E-state index in [0.717, 1.165) is 26.3 Å². The Hall–Kier alpha value is -2.71. The molecule has 0 saturated carbocycles. The number of thiazole rings is 1. The Kier molecular flexibility index (Phi) is 6.15. The van der Waals surface area contributed by atoms with Gasteiger partial charge in [-0.3, -0.25) is 14.5 Å². The first-order chi connectivity index (χ1) is 14.5. The van der Waals surface area contributed by atoms with Crippen molar-refractivity contribution in [1.29, 1.82) is 0 Å². The quantitative estimate of drug-likeness (QED) is 0.573. The molecule has 0 unspecified atom stereocenters. The van der Waals surface area contributed by atoms with Crippen LogP contribution in [0.1, 0.15) is 10.6 Å². The van der Waals surface area contributed by atoms with Gasteiger partial charge in [-0.2, -0.15) is 0 Å². The summed E-state index contributed by atoms with van der Waals surface area (Å²) in [6.45, 7) is 2.40. The van der Waals surface area contributed by atoms with Gasteiger partial charge in [0.15, 0.2) is 6.61 Å². The van der Waals surface area contributed by atoms with Gasteiger partial charge in [0.1, 0.15) is 12.3 Å². The minimum absolute atomic E-state index is 0.0288. The number of benzene rings is 2. The lowest BCUT2D eigenvalue weighted by Gasteiger charge is -2.29. The predicted molar refractivity (Wildman–Crippen MR) is 121 cm³/mol. The average Bonchev–Trinajstić information content (AvgIpc) is 3.17. The van der Waals surface area contributed by atoms with Crippen LogP contribution in [-0.2, 0) is 16.0 Å². The zero-order valence-electron chi connectivity index (χ0n) is 16.4. The van der Waals surface area contributed by atoms with E-state index < -0.39 is 0 Å². The molecule has 30 heavy (non-hydrogen) atoms. The number of aryl methyl sites for hydroxylation is 1. The van der Waals surface area contributed by atoms with Gasteiger partial charge in [-0.25, -0.2) is 4.98 Å². The van der Waals surface area contributed by atoms with E-state index in [-0.39, 0.29) is 25.0 Å². The van der Waals surface area contributed by atoms with Crippen LogP contribution in [-0.4, -0.2) is 36.5 Å². The summed E-state index contributed by atoms with van der Waals surface area (Å²) >= 11 is 5.02. The fourth-order valence-corrected chi connectivity index (χ4v) is 4.20. The van der Waals surface area contributed by atoms with Gasteiger partial charge in [0.05, 0.1) is 16.4 Å². The molecular weight excluding hydrogens is 466 g/mol. The van der Waals surface area contributed by atoms with E-state index in [9.17, 15) is 9.59 Å². The molecule has 0 saturated heterocycles. The molecule has 0 bridgehead atoms. The maximum Gasteiger partial charge on any atom is 0.265 e. The lowest BCUT2D eigenvalue weighted by Crippen LogP contribution is -2.45. The number of aromatic nitrogens is 1. The lowest BCUT2D eigenvalue weighted by molar-refractivity contribution is -0.125. The molecular formula is C22H20BrN3O3S. The Balaban J connectivity index is 1.31. The second-order valence-corrected chi connectivity index (χ2v) is 8.91. The first-order valence-corrected chi connectivity index (χ1v) is 11.2. The fraction of sp³-hybridized carbons (Fsp3) is 0.227. The number of rotatable bonds is 6. The zero-order valence-corrected chi connectivity index (χ0v) is 18.8. The van der Waals surface area contributed by atoms with Crippen LogP contribution in [0.3, 0.4) is 0 Å². The van der Waals surface area contributed by atoms with Crippen molar-refractivity contribution in [3.8, 4) is 17.0 Å². The van der Waals surface area contributed by atoms with Crippen molar-refractivity contribution in [3.63, 3.8) is 0 Å². The van der Waals surface area contributed by atoms with Crippen LogP contribution in [0.25, 0.3) is 11.3 Å². The molecule has 1 aromatic heterocycles. The van der Waals surface area contributed by atoms with Gasteiger partial charge in [-0.15, -0.1) is 11.3 Å². The Labute approximate surface area is 187 Å². The largest absolute Gasteiger partial charge is 0.482 e. The third-order valence-corrected chi connectivity index (χ3v) is 6.04. The van der Waals surface area contributed by atoms with Gasteiger partial charge in [0, 0.05) is 22.0 Å². The van der Waals surface area contributed by atoms with Crippen LogP contribution in [0.15, 0.2) is 52.3 Å². The Morgan fingerprint density at radius 1 is 1.27 bits per heavy atom. The third-order valence-electron chi connectivity index (χ3n) is 4.77. The van der Waals surface area contributed by atoms with Gasteiger partial charge in [-0.1, -0.05) is 40.2 Å². The summed E-state index contributed by atoms with van der Waals surface area (Å²) in [5.74, 6) is 0.161. The standard InChI is InChI=1S/C22H20BrN3O3S/c1-14-25-18(13-30-14)16-4-2-15(3-5-16)8-9-24-21(27)11-26-19-7-6-17(23)10-20(19)29-12-22(26)28/h2-7,10,13H,8-9,11-12H2,1H3,(H,24,27). The molecule has 0 spiro atoms. The van der Waals surface area contributed by atoms with Crippen molar-refractivity contribution >= 4 is 44.8 Å². The number of fused-ring (bicyclic) bond motifs is 1. The molecule has 3 aromatic rings. The summed E-state index contributed by atoms with van der Waals surface area (Å²) in [6, 6.07) is 13.6. The molecule has 0 fully saturated rings. The zero-order chi connectivity index (χ0) is 21.1. The Morgan fingerprint density at radius 3 is 2.80 bits per heavy atom. The average molecular weight is 486 g/mol. The minimum atomic E-state index is -0.229. The summed E-state index contributed by atoms with van der Waals surface area (Å²) in [5, 5.41) is 5.99. The molecule has 4 rings (SSSR count). The second-order valence-electron chi connectivity index (χ2n) is 6.93. The first kappa shape index (κ1) is 20.6. The van der Waals surface area contributed by atoms with Crippen LogP contribution in [0.5, 0.6) is 5.75 Å². The number of amides is 2. The van der Waals surface area contributed by atoms with E-state index in [2.05, 4.69) is 38.4 Å². The van der Waals surface area contributed by atoms with Crippen molar-refractivity contribution in [2.24, 2.45) is 0 Å². The number of hydrogen-bond donors (Lipinski definition) is 1. The summed E-state index contributed by atoms with van der Waals surface area (Å²) in [6.07, 6.45) is 0.711. The summed E-state index contributed by atoms with van der Waals surface area (Å²) < 4.78 is 6.31. The predicted octanol–water partition coefficient (Wildman–Crippen LogP) is 3.97. The topological polar surface area (TPSA) is 71.5 Å². The van der Waals surface area contributed by atoms with Gasteiger partial charge < -0.3 is 10.1 Å². The van der Waals surface area contributed by atoms with E-state index in [1.165, 1.54) is 4.90 Å². The van der Waals surface area contributed by atoms with Crippen molar-refractivity contribution < 1.29 is 14.3 Å². The molecule has 1 aliphatic heterocycles. The van der Waals surface area contributed by atoms with Crippen LogP contribution in [0, 0.1) is 6.92 Å². The highest BCUT2D eigenvalue weighted by Gasteiger charge is 2.27. The number of halogens is 1. The lowest BCUT2D eigenvalue weighted by atomic mass is 10.1. The van der Waals surface area contributed by atoms with Crippen LogP contribution in [0.4, 0.5) is 5.69 Å². The molecule has 6 nitrogen and oxygen atoms in total. The number of anilines is 1. The molecule has 2 aromatic carbocycles. The van der Waals surface area contributed by atoms with Gasteiger partial charge in [0.2, 0.25) is 5.91 Å². The normalized spacial score (nSPS) is 13.0. The smallest absolute Gasteiger partial charge is 0.265 e. The molecule has 0 atom stereocenters. The van der Waals surface area contributed by atoms with E-state index >= 15 is 0 Å². The van der Waals surface area contributed by atoms with Crippen LogP contribution < -0.4 is 15.0 Å². The minimum Gasteiger partial charge on any atom is -0.482 e. The summed E-state index contributed by atoms with van der Waals surface area (Å²) in [4.78, 5) is 30.6. The van der Waals surface area contributed by atoms with Crippen molar-refractivity contribution in [2.45, 2.75) is 13.3 Å². The molecule has 0 radical (unpaired) electrons. The van der Waals surface area contributed by atoms with E-state index in [1.807, 2.05) is 30.5 Å². The van der Waals surface area contributed by atoms with E-state index in [1.54, 1.807) is 23.5 Å². The monoisotopic (exact) mass is 485 g/mol. The number of carbonyl (C=O) groups is 2. The van der Waals surface area contributed by atoms with E-state index in [4.69, 9.17) is 4.74 Å². The van der Waals surface area contributed by atoms with E-state index in [0.29, 0.717) is 24.4 Å². The SMILES string of the molecule is Cc1nc(-c2ccc(CCNC(=O)CN3C(=O)COc4cc(Br)ccc43)cc2)cs1. The first-order valence-electron chi connectivity index (χ1n) is 9.50. The number of ether oxygens (including phenoxy) is 1. The number of hydrogen-bond acceptors (Lipinski definition) is 5. The fourth-order valence-electron chi connectivity index (χ4n) is 3.24. The number of carbonyl (C=O) groups excluding carboxylic acids is 2. The van der Waals surface area contributed by atoms with Gasteiger partial charge in [0.25, 0.3) is 5.91 Å². The Morgan fingerprint density at radius 2 is 2.07 bits per heavy atom. The molecule has 2 heterocycles. The molecule has 154 valence electrons. The van der Waals surface area contributed by atoms with Crippen LogP contribution in [0.2, 0.25) is 0 Å². The van der Waals surface area contributed by atoms with Gasteiger partial charge >= 0.3 is 0 Å². The van der Waals surface area contributed by atoms with Crippen molar-refractivity contribution in [1.82, 2.24) is 10.3 Å². The maximum absolute atomic E-state index is 12.4. The number of nitrogens with zero attached hydrogens (tertiary/aromatic N) is 2. The highest BCUT2D eigenvalue weighted by atomic mass is 79.9. The molecule has 0 aliphatic carbocycles.